The van der Waals surface area contributed by atoms with E-state index in [4.69, 9.17) is 14.2 Å². The maximum absolute atomic E-state index is 12.3. The van der Waals surface area contributed by atoms with E-state index in [0.717, 1.165) is 0 Å². The molecule has 0 heterocycles. The van der Waals surface area contributed by atoms with E-state index in [-0.39, 0.29) is 24.3 Å². The highest BCUT2D eigenvalue weighted by Gasteiger charge is 2.11. The van der Waals surface area contributed by atoms with Crippen LogP contribution in [0.2, 0.25) is 0 Å². The number of hydrogen-bond acceptors (Lipinski definition) is 6. The van der Waals surface area contributed by atoms with Crippen molar-refractivity contribution in [2.24, 2.45) is 5.92 Å². The quantitative estimate of drug-likeness (QED) is 0.276. The highest BCUT2D eigenvalue weighted by Crippen LogP contribution is 2.16. The summed E-state index contributed by atoms with van der Waals surface area (Å²) in [5.41, 5.74) is 1.09. The van der Waals surface area contributed by atoms with Gasteiger partial charge in [-0.25, -0.2) is 4.79 Å². The third-order valence-corrected chi connectivity index (χ3v) is 3.83. The minimum absolute atomic E-state index is 0.104. The molecule has 0 aliphatic carbocycles. The SMILES string of the molecule is CC(C)C(=O)OCCCCOC(=O)Oc1ccc(C(=O)c2ccccc2)cc1. The van der Waals surface area contributed by atoms with E-state index in [2.05, 4.69) is 0 Å². The first kappa shape index (κ1) is 21.2. The Morgan fingerprint density at radius 3 is 1.96 bits per heavy atom. The van der Waals surface area contributed by atoms with Gasteiger partial charge in [-0.15, -0.1) is 0 Å². The molecule has 0 aromatic heterocycles. The predicted octanol–water partition coefficient (Wildman–Crippen LogP) is 4.41. The Kier molecular flexibility index (Phi) is 8.21. The van der Waals surface area contributed by atoms with Crippen LogP contribution >= 0.6 is 0 Å². The summed E-state index contributed by atoms with van der Waals surface area (Å²) in [5.74, 6) is -0.205. The molecule has 0 spiro atoms. The van der Waals surface area contributed by atoms with Gasteiger partial charge in [0.1, 0.15) is 5.75 Å². The zero-order chi connectivity index (χ0) is 20.4. The van der Waals surface area contributed by atoms with Crippen LogP contribution in [0.4, 0.5) is 4.79 Å². The monoisotopic (exact) mass is 384 g/mol. The fourth-order valence-electron chi connectivity index (χ4n) is 2.26. The lowest BCUT2D eigenvalue weighted by Gasteiger charge is -2.08. The van der Waals surface area contributed by atoms with Gasteiger partial charge in [-0.1, -0.05) is 44.2 Å². The molecule has 0 radical (unpaired) electrons. The van der Waals surface area contributed by atoms with Crippen LogP contribution in [0.1, 0.15) is 42.6 Å². The van der Waals surface area contributed by atoms with Crippen LogP contribution in [0.3, 0.4) is 0 Å². The van der Waals surface area contributed by atoms with Crippen molar-refractivity contribution in [3.8, 4) is 5.75 Å². The molecule has 0 fully saturated rings. The van der Waals surface area contributed by atoms with Crippen molar-refractivity contribution in [1.29, 1.82) is 0 Å². The number of benzene rings is 2. The molecular weight excluding hydrogens is 360 g/mol. The Balaban J connectivity index is 1.70. The number of hydrogen-bond donors (Lipinski definition) is 0. The Morgan fingerprint density at radius 1 is 0.786 bits per heavy atom. The molecule has 0 N–H and O–H groups in total. The molecule has 0 atom stereocenters. The van der Waals surface area contributed by atoms with Crippen molar-refractivity contribution >= 4 is 17.9 Å². The van der Waals surface area contributed by atoms with Crippen molar-refractivity contribution in [2.75, 3.05) is 13.2 Å². The molecule has 0 saturated heterocycles. The molecule has 0 aliphatic heterocycles. The summed E-state index contributed by atoms with van der Waals surface area (Å²) in [5, 5.41) is 0. The van der Waals surface area contributed by atoms with E-state index in [1.807, 2.05) is 6.07 Å². The summed E-state index contributed by atoms with van der Waals surface area (Å²) in [6, 6.07) is 15.2. The smallest absolute Gasteiger partial charge is 0.465 e. The van der Waals surface area contributed by atoms with Gasteiger partial charge in [0, 0.05) is 11.1 Å². The van der Waals surface area contributed by atoms with Crippen molar-refractivity contribution in [3.05, 3.63) is 65.7 Å². The zero-order valence-electron chi connectivity index (χ0n) is 16.1. The van der Waals surface area contributed by atoms with Gasteiger partial charge in [-0.2, -0.15) is 0 Å². The van der Waals surface area contributed by atoms with Crippen LogP contribution < -0.4 is 4.74 Å². The van der Waals surface area contributed by atoms with Crippen LogP contribution in [-0.4, -0.2) is 31.1 Å². The maximum atomic E-state index is 12.3. The van der Waals surface area contributed by atoms with E-state index in [1.54, 1.807) is 62.4 Å². The first-order valence-electron chi connectivity index (χ1n) is 9.18. The topological polar surface area (TPSA) is 78.9 Å². The number of esters is 1. The van der Waals surface area contributed by atoms with Gasteiger partial charge in [0.15, 0.2) is 5.78 Å². The van der Waals surface area contributed by atoms with Gasteiger partial charge in [0.25, 0.3) is 0 Å². The van der Waals surface area contributed by atoms with Gasteiger partial charge in [-0.05, 0) is 37.1 Å². The standard InChI is InChI=1S/C22H24O6/c1-16(2)21(24)26-14-6-7-15-27-22(25)28-19-12-10-18(11-13-19)20(23)17-8-4-3-5-9-17/h3-5,8-13,16H,6-7,14-15H2,1-2H3. The second-order valence-corrected chi connectivity index (χ2v) is 6.45. The third kappa shape index (κ3) is 6.87. The second kappa shape index (κ2) is 10.9. The van der Waals surface area contributed by atoms with Gasteiger partial charge < -0.3 is 14.2 Å². The lowest BCUT2D eigenvalue weighted by molar-refractivity contribution is -0.147. The molecular formula is C22H24O6. The molecule has 0 aliphatic rings. The van der Waals surface area contributed by atoms with Gasteiger partial charge >= 0.3 is 12.1 Å². The first-order chi connectivity index (χ1) is 13.5. The first-order valence-corrected chi connectivity index (χ1v) is 9.18. The second-order valence-electron chi connectivity index (χ2n) is 6.45. The largest absolute Gasteiger partial charge is 0.513 e. The fourth-order valence-corrected chi connectivity index (χ4v) is 2.26. The lowest BCUT2D eigenvalue weighted by atomic mass is 10.0. The zero-order valence-corrected chi connectivity index (χ0v) is 16.1. The van der Waals surface area contributed by atoms with Crippen molar-refractivity contribution in [1.82, 2.24) is 0 Å². The molecule has 148 valence electrons. The molecule has 0 saturated carbocycles. The number of rotatable bonds is 9. The van der Waals surface area contributed by atoms with Gasteiger partial charge in [0.2, 0.25) is 0 Å². The molecule has 0 amide bonds. The van der Waals surface area contributed by atoms with Crippen LogP contribution in [0, 0.1) is 5.92 Å². The molecule has 2 aromatic carbocycles. The third-order valence-electron chi connectivity index (χ3n) is 3.83. The Hall–Kier alpha value is -3.15. The summed E-state index contributed by atoms with van der Waals surface area (Å²) in [6.07, 6.45) is 0.342. The van der Waals surface area contributed by atoms with Crippen LogP contribution in [0.15, 0.2) is 54.6 Å². The maximum Gasteiger partial charge on any atom is 0.513 e. The normalized spacial score (nSPS) is 10.4. The van der Waals surface area contributed by atoms with E-state index < -0.39 is 6.16 Å². The number of ether oxygens (including phenoxy) is 3. The fraction of sp³-hybridized carbons (Fsp3) is 0.318. The highest BCUT2D eigenvalue weighted by molar-refractivity contribution is 6.09. The predicted molar refractivity (Wildman–Crippen MR) is 103 cm³/mol. The summed E-state index contributed by atoms with van der Waals surface area (Å²) in [7, 11) is 0. The average Bonchev–Trinajstić information content (AvgIpc) is 2.71. The minimum atomic E-state index is -0.818. The summed E-state index contributed by atoms with van der Waals surface area (Å²) < 4.78 is 15.1. The number of unbranched alkanes of at least 4 members (excludes halogenated alkanes) is 1. The molecule has 6 heteroatoms. The van der Waals surface area contributed by atoms with E-state index >= 15 is 0 Å². The summed E-state index contributed by atoms with van der Waals surface area (Å²) in [6.45, 7) is 4.01. The Labute approximate surface area is 164 Å². The van der Waals surface area contributed by atoms with Crippen LogP contribution in [0.5, 0.6) is 5.75 Å². The van der Waals surface area contributed by atoms with Gasteiger partial charge in [-0.3, -0.25) is 9.59 Å². The van der Waals surface area contributed by atoms with Crippen molar-refractivity contribution < 1.29 is 28.6 Å². The molecule has 0 bridgehead atoms. The average molecular weight is 384 g/mol. The van der Waals surface area contributed by atoms with Crippen LogP contribution in [-0.2, 0) is 14.3 Å². The summed E-state index contributed by atoms with van der Waals surface area (Å²) in [4.78, 5) is 35.3. The van der Waals surface area contributed by atoms with E-state index in [9.17, 15) is 14.4 Å². The number of ketones is 1. The Bertz CT molecular complexity index is 780. The van der Waals surface area contributed by atoms with Gasteiger partial charge in [0.05, 0.1) is 19.1 Å². The van der Waals surface area contributed by atoms with E-state index in [0.29, 0.717) is 36.3 Å². The molecule has 2 aromatic rings. The number of carbonyl (C=O) groups excluding carboxylic acids is 3. The highest BCUT2D eigenvalue weighted by atomic mass is 16.7. The summed E-state index contributed by atoms with van der Waals surface area (Å²) >= 11 is 0. The number of carbonyl (C=O) groups is 3. The minimum Gasteiger partial charge on any atom is -0.465 e. The van der Waals surface area contributed by atoms with Crippen molar-refractivity contribution in [3.63, 3.8) is 0 Å². The lowest BCUT2D eigenvalue weighted by Crippen LogP contribution is -2.14. The van der Waals surface area contributed by atoms with Crippen molar-refractivity contribution in [2.45, 2.75) is 26.7 Å². The molecule has 6 nitrogen and oxygen atoms in total. The Morgan fingerprint density at radius 2 is 1.36 bits per heavy atom. The molecule has 28 heavy (non-hydrogen) atoms. The molecule has 2 rings (SSSR count). The van der Waals surface area contributed by atoms with E-state index in [1.165, 1.54) is 0 Å². The molecule has 0 unspecified atom stereocenters. The van der Waals surface area contributed by atoms with Crippen LogP contribution in [0.25, 0.3) is 0 Å².